The molecule has 0 bridgehead atoms. The molecule has 0 radical (unpaired) electrons. The molecule has 3 N–H and O–H groups in total. The number of carbonyl (C=O) groups is 1. The van der Waals surface area contributed by atoms with Crippen LogP contribution in [0.2, 0.25) is 0 Å². The first-order valence-corrected chi connectivity index (χ1v) is 10.9. The van der Waals surface area contributed by atoms with Gasteiger partial charge in [0.1, 0.15) is 11.5 Å². The van der Waals surface area contributed by atoms with Gasteiger partial charge in [0.25, 0.3) is 15.7 Å². The van der Waals surface area contributed by atoms with E-state index in [1.165, 1.54) is 48.5 Å². The molecule has 0 aliphatic carbocycles. The number of amides is 1. The fourth-order valence-electron chi connectivity index (χ4n) is 2.80. The summed E-state index contributed by atoms with van der Waals surface area (Å²) >= 11 is 0. The Bertz CT molecular complexity index is 1230. The van der Waals surface area contributed by atoms with Gasteiger partial charge in [-0.3, -0.25) is 19.6 Å². The first kappa shape index (κ1) is 22.7. The highest BCUT2D eigenvalue weighted by Gasteiger charge is 2.15. The summed E-state index contributed by atoms with van der Waals surface area (Å²) in [5.41, 5.74) is 0.696. The lowest BCUT2D eigenvalue weighted by atomic mass is 10.2. The smallest absolute Gasteiger partial charge is 0.292 e. The number of hydrogen-bond acceptors (Lipinski definition) is 6. The molecule has 1 amide bonds. The van der Waals surface area contributed by atoms with E-state index < -0.39 is 20.8 Å². The maximum atomic E-state index is 13.2. The van der Waals surface area contributed by atoms with E-state index in [0.717, 1.165) is 6.07 Å². The molecular weight excluding hydrogens is 439 g/mol. The zero-order valence-electron chi connectivity index (χ0n) is 16.6. The van der Waals surface area contributed by atoms with Gasteiger partial charge in [-0.2, -0.15) is 0 Å². The van der Waals surface area contributed by atoms with Gasteiger partial charge in [-0.15, -0.1) is 0 Å². The van der Waals surface area contributed by atoms with Gasteiger partial charge in [-0.1, -0.05) is 18.2 Å². The first-order chi connectivity index (χ1) is 15.2. The second kappa shape index (κ2) is 9.88. The van der Waals surface area contributed by atoms with Gasteiger partial charge < -0.3 is 10.6 Å². The number of anilines is 3. The van der Waals surface area contributed by atoms with Crippen molar-refractivity contribution >= 4 is 38.7 Å². The Morgan fingerprint density at radius 2 is 1.69 bits per heavy atom. The number of para-hydroxylation sites is 2. The maximum absolute atomic E-state index is 13.2. The fraction of sp³-hybridized carbons (Fsp3) is 0.0952. The topological polar surface area (TPSA) is 130 Å². The summed E-state index contributed by atoms with van der Waals surface area (Å²) in [6, 6.07) is 16.6. The number of rotatable bonds is 9. The van der Waals surface area contributed by atoms with E-state index in [0.29, 0.717) is 11.4 Å². The summed E-state index contributed by atoms with van der Waals surface area (Å²) in [7, 11) is -3.93. The Hall–Kier alpha value is -3.99. The number of carbonyl (C=O) groups excluding carboxylic acids is 1. The van der Waals surface area contributed by atoms with Gasteiger partial charge >= 0.3 is 0 Å². The summed E-state index contributed by atoms with van der Waals surface area (Å²) < 4.78 is 40.4. The van der Waals surface area contributed by atoms with E-state index in [1.54, 1.807) is 18.2 Å². The van der Waals surface area contributed by atoms with Crippen LogP contribution in [-0.4, -0.2) is 25.8 Å². The minimum Gasteiger partial charge on any atom is -0.379 e. The van der Waals surface area contributed by atoms with Crippen molar-refractivity contribution in [3.8, 4) is 0 Å². The van der Waals surface area contributed by atoms with E-state index in [4.69, 9.17) is 0 Å². The van der Waals surface area contributed by atoms with Crippen LogP contribution in [0.15, 0.2) is 77.7 Å². The molecule has 166 valence electrons. The third-order valence-electron chi connectivity index (χ3n) is 4.29. The maximum Gasteiger partial charge on any atom is 0.292 e. The van der Waals surface area contributed by atoms with Crippen LogP contribution in [0.3, 0.4) is 0 Å². The van der Waals surface area contributed by atoms with Crippen LogP contribution in [-0.2, 0) is 14.8 Å². The lowest BCUT2D eigenvalue weighted by Crippen LogP contribution is -2.17. The third-order valence-corrected chi connectivity index (χ3v) is 5.69. The molecular formula is C21H19FN4O5S. The average molecular weight is 458 g/mol. The minimum atomic E-state index is -3.93. The van der Waals surface area contributed by atoms with Gasteiger partial charge in [0.05, 0.1) is 15.5 Å². The molecule has 11 heteroatoms. The molecule has 9 nitrogen and oxygen atoms in total. The molecule has 0 atom stereocenters. The summed E-state index contributed by atoms with van der Waals surface area (Å²) in [6.45, 7) is 0.167. The molecule has 0 heterocycles. The Balaban J connectivity index is 1.55. The van der Waals surface area contributed by atoms with E-state index >= 15 is 0 Å². The number of halogens is 1. The number of sulfonamides is 1. The van der Waals surface area contributed by atoms with Crippen molar-refractivity contribution in [2.24, 2.45) is 0 Å². The highest BCUT2D eigenvalue weighted by molar-refractivity contribution is 7.92. The second-order valence-corrected chi connectivity index (χ2v) is 8.32. The first-order valence-electron chi connectivity index (χ1n) is 9.40. The molecule has 0 unspecified atom stereocenters. The van der Waals surface area contributed by atoms with Crippen molar-refractivity contribution in [3.05, 3.63) is 88.7 Å². The quantitative estimate of drug-likeness (QED) is 0.328. The van der Waals surface area contributed by atoms with Crippen molar-refractivity contribution in [2.75, 3.05) is 21.9 Å². The fourth-order valence-corrected chi connectivity index (χ4v) is 3.85. The van der Waals surface area contributed by atoms with Crippen LogP contribution < -0.4 is 15.4 Å². The number of nitrogens with zero attached hydrogens (tertiary/aromatic N) is 1. The minimum absolute atomic E-state index is 0.0349. The number of nitro groups is 1. The van der Waals surface area contributed by atoms with Crippen molar-refractivity contribution in [2.45, 2.75) is 11.3 Å². The highest BCUT2D eigenvalue weighted by atomic mass is 32.2. The normalized spacial score (nSPS) is 10.9. The zero-order chi connectivity index (χ0) is 23.1. The van der Waals surface area contributed by atoms with Crippen LogP contribution in [0.25, 0.3) is 0 Å². The van der Waals surface area contributed by atoms with Crippen molar-refractivity contribution in [1.82, 2.24) is 0 Å². The molecule has 3 aromatic rings. The van der Waals surface area contributed by atoms with E-state index in [2.05, 4.69) is 15.4 Å². The lowest BCUT2D eigenvalue weighted by Gasteiger charge is -2.10. The number of nitrogens with one attached hydrogen (secondary N) is 3. The van der Waals surface area contributed by atoms with Crippen LogP contribution in [0.1, 0.15) is 6.42 Å². The molecule has 0 aliphatic rings. The van der Waals surface area contributed by atoms with Crippen LogP contribution >= 0.6 is 0 Å². The predicted octanol–water partition coefficient (Wildman–Crippen LogP) is 3.98. The standard InChI is InChI=1S/C21H19FN4O5S/c22-15-4-3-5-17(14-15)25-32(30,31)18-10-8-16(9-11-18)24-21(27)12-13-23-19-6-1-2-7-20(19)26(28)29/h1-11,14,23,25H,12-13H2,(H,24,27). The summed E-state index contributed by atoms with van der Waals surface area (Å²) in [5.74, 6) is -0.927. The van der Waals surface area contributed by atoms with Gasteiger partial charge in [0.2, 0.25) is 5.91 Å². The summed E-state index contributed by atoms with van der Waals surface area (Å²) in [5, 5.41) is 16.5. The zero-order valence-corrected chi connectivity index (χ0v) is 17.4. The number of benzene rings is 3. The Kier molecular flexibility index (Phi) is 7.00. The van der Waals surface area contributed by atoms with Gasteiger partial charge in [0.15, 0.2) is 0 Å². The van der Waals surface area contributed by atoms with E-state index in [1.807, 2.05) is 0 Å². The van der Waals surface area contributed by atoms with Gasteiger partial charge in [-0.05, 0) is 48.5 Å². The molecule has 0 aliphatic heterocycles. The Labute approximate surface area is 183 Å². The van der Waals surface area contributed by atoms with Crippen molar-refractivity contribution in [1.29, 1.82) is 0 Å². The highest BCUT2D eigenvalue weighted by Crippen LogP contribution is 2.23. The summed E-state index contributed by atoms with van der Waals surface area (Å²) in [6.07, 6.45) is 0.0349. The van der Waals surface area contributed by atoms with Crippen LogP contribution in [0.4, 0.5) is 27.1 Å². The van der Waals surface area contributed by atoms with Gasteiger partial charge in [-0.25, -0.2) is 12.8 Å². The molecule has 0 saturated carbocycles. The second-order valence-electron chi connectivity index (χ2n) is 6.64. The van der Waals surface area contributed by atoms with E-state index in [-0.39, 0.29) is 35.1 Å². The molecule has 3 aromatic carbocycles. The number of nitro benzene ring substituents is 1. The molecule has 3 rings (SSSR count). The molecule has 0 fully saturated rings. The Morgan fingerprint density at radius 1 is 0.969 bits per heavy atom. The lowest BCUT2D eigenvalue weighted by molar-refractivity contribution is -0.384. The molecule has 0 spiro atoms. The van der Waals surface area contributed by atoms with Gasteiger partial charge in [0, 0.05) is 24.7 Å². The predicted molar refractivity (Wildman–Crippen MR) is 118 cm³/mol. The van der Waals surface area contributed by atoms with Crippen LogP contribution in [0.5, 0.6) is 0 Å². The molecule has 0 saturated heterocycles. The SMILES string of the molecule is O=C(CCNc1ccccc1[N+](=O)[O-])Nc1ccc(S(=O)(=O)Nc2cccc(F)c2)cc1. The number of hydrogen-bond donors (Lipinski definition) is 3. The average Bonchev–Trinajstić information content (AvgIpc) is 2.74. The molecule has 32 heavy (non-hydrogen) atoms. The monoisotopic (exact) mass is 458 g/mol. The van der Waals surface area contributed by atoms with E-state index in [9.17, 15) is 27.7 Å². The Morgan fingerprint density at radius 3 is 2.38 bits per heavy atom. The molecule has 0 aromatic heterocycles. The van der Waals surface area contributed by atoms with Crippen molar-refractivity contribution in [3.63, 3.8) is 0 Å². The van der Waals surface area contributed by atoms with Crippen molar-refractivity contribution < 1.29 is 22.5 Å². The third kappa shape index (κ3) is 6.01. The largest absolute Gasteiger partial charge is 0.379 e. The summed E-state index contributed by atoms with van der Waals surface area (Å²) in [4.78, 5) is 22.6. The van der Waals surface area contributed by atoms with Crippen LogP contribution in [0, 0.1) is 15.9 Å².